The van der Waals surface area contributed by atoms with Crippen molar-refractivity contribution in [3.63, 3.8) is 0 Å². The minimum atomic E-state index is -4.93. The Morgan fingerprint density at radius 1 is 1.03 bits per heavy atom. The summed E-state index contributed by atoms with van der Waals surface area (Å²) in [5.74, 6) is -2.49. The number of carboxylic acid groups (broad SMARTS) is 1. The van der Waals surface area contributed by atoms with Gasteiger partial charge in [0.05, 0.1) is 5.92 Å². The van der Waals surface area contributed by atoms with Gasteiger partial charge in [-0.25, -0.2) is 0 Å². The number of aliphatic carboxylic acids is 1. The number of aromatic nitrogens is 2. The zero-order valence-corrected chi connectivity index (χ0v) is 16.6. The minimum Gasteiger partial charge on any atom is -0.481 e. The van der Waals surface area contributed by atoms with Crippen LogP contribution in [0.5, 0.6) is 0 Å². The van der Waals surface area contributed by atoms with Crippen molar-refractivity contribution in [2.75, 3.05) is 0 Å². The molecule has 1 heterocycles. The van der Waals surface area contributed by atoms with Crippen LogP contribution in [0, 0.1) is 5.92 Å². The van der Waals surface area contributed by atoms with Crippen molar-refractivity contribution in [2.24, 2.45) is 5.92 Å². The lowest BCUT2D eigenvalue weighted by atomic mass is 9.80. The number of rotatable bonds is 7. The summed E-state index contributed by atoms with van der Waals surface area (Å²) in [6.45, 7) is 0.609. The molecule has 1 aliphatic rings. The van der Waals surface area contributed by atoms with E-state index in [-0.39, 0.29) is 17.9 Å². The van der Waals surface area contributed by atoms with Gasteiger partial charge in [0.25, 0.3) is 11.7 Å². The molecule has 0 radical (unpaired) electrons. The molecule has 0 saturated heterocycles. The van der Waals surface area contributed by atoms with Gasteiger partial charge in [0.2, 0.25) is 5.82 Å². The third kappa shape index (κ3) is 4.70. The third-order valence-corrected chi connectivity index (χ3v) is 5.37. The van der Waals surface area contributed by atoms with Crippen molar-refractivity contribution in [1.29, 1.82) is 0 Å². The van der Waals surface area contributed by atoms with Gasteiger partial charge in [-0.05, 0) is 30.5 Å². The number of Topliss-reactive ketones (excluding diaryl/α,β-unsaturated/α-hetero) is 1. The van der Waals surface area contributed by atoms with E-state index < -0.39 is 23.5 Å². The van der Waals surface area contributed by atoms with Gasteiger partial charge in [-0.15, -0.1) is 0 Å². The van der Waals surface area contributed by atoms with E-state index in [0.29, 0.717) is 36.3 Å². The Morgan fingerprint density at radius 2 is 1.66 bits per heavy atom. The van der Waals surface area contributed by atoms with E-state index in [2.05, 4.69) is 15.5 Å². The Balaban J connectivity index is 1.37. The molecule has 0 atom stereocenters. The second kappa shape index (κ2) is 8.54. The predicted octanol–water partition coefficient (Wildman–Crippen LogP) is 4.10. The van der Waals surface area contributed by atoms with E-state index in [1.165, 1.54) is 12.1 Å². The molecule has 1 fully saturated rings. The van der Waals surface area contributed by atoms with Crippen LogP contribution in [0.25, 0.3) is 22.8 Å². The summed E-state index contributed by atoms with van der Waals surface area (Å²) in [5, 5.41) is 16.1. The maximum absolute atomic E-state index is 12.5. The van der Waals surface area contributed by atoms with E-state index in [4.69, 9.17) is 9.63 Å². The molecular weight excluding hydrogens is 427 g/mol. The van der Waals surface area contributed by atoms with Gasteiger partial charge in [-0.2, -0.15) is 18.2 Å². The predicted molar refractivity (Wildman–Crippen MR) is 107 cm³/mol. The first-order valence-electron chi connectivity index (χ1n) is 9.82. The van der Waals surface area contributed by atoms with Crippen molar-refractivity contribution < 1.29 is 32.4 Å². The number of alkyl halides is 3. The van der Waals surface area contributed by atoms with Crippen LogP contribution in [0.3, 0.4) is 0 Å². The largest absolute Gasteiger partial charge is 0.481 e. The molecule has 7 nitrogen and oxygen atoms in total. The van der Waals surface area contributed by atoms with Crippen molar-refractivity contribution in [2.45, 2.75) is 31.6 Å². The standard InChI is InChI=1S/C22H18F3N3O4/c23-22(24,25)18(29)13-5-7-15(8-6-13)20-27-19(28-32-20)14-3-1-12(2-4-14)11-26-17-9-16(10-17)21(30)31/h1-8,16-17,26H,9-11H2,(H,30,31). The molecular formula is C22H18F3N3O4. The van der Waals surface area contributed by atoms with Gasteiger partial charge in [0, 0.05) is 29.3 Å². The molecule has 10 heteroatoms. The molecule has 2 aromatic carbocycles. The molecule has 3 aromatic rings. The maximum Gasteiger partial charge on any atom is 0.454 e. The second-order valence-electron chi connectivity index (χ2n) is 7.61. The highest BCUT2D eigenvalue weighted by Crippen LogP contribution is 2.28. The lowest BCUT2D eigenvalue weighted by Crippen LogP contribution is -2.43. The van der Waals surface area contributed by atoms with Crippen LogP contribution in [-0.2, 0) is 11.3 Å². The molecule has 166 valence electrons. The monoisotopic (exact) mass is 445 g/mol. The zero-order valence-electron chi connectivity index (χ0n) is 16.6. The highest BCUT2D eigenvalue weighted by atomic mass is 19.4. The van der Waals surface area contributed by atoms with E-state index >= 15 is 0 Å². The lowest BCUT2D eigenvalue weighted by Gasteiger charge is -2.33. The highest BCUT2D eigenvalue weighted by molar-refractivity contribution is 6.00. The summed E-state index contributed by atoms with van der Waals surface area (Å²) in [6, 6.07) is 12.4. The fourth-order valence-electron chi connectivity index (χ4n) is 3.41. The Labute approximate surface area is 180 Å². The van der Waals surface area contributed by atoms with Gasteiger partial charge >= 0.3 is 12.1 Å². The first-order valence-corrected chi connectivity index (χ1v) is 9.82. The van der Waals surface area contributed by atoms with Crippen LogP contribution in [0.2, 0.25) is 0 Å². The average Bonchev–Trinajstić information content (AvgIpc) is 3.22. The number of hydrogen-bond donors (Lipinski definition) is 2. The normalized spacial score (nSPS) is 18.2. The van der Waals surface area contributed by atoms with Crippen LogP contribution in [0.1, 0.15) is 28.8 Å². The SMILES string of the molecule is O=C(O)C1CC(NCc2ccc(-c3noc(-c4ccc(C(=O)C(F)(F)F)cc4)n3)cc2)C1. The first kappa shape index (κ1) is 21.7. The molecule has 2 N–H and O–H groups in total. The fraction of sp³-hybridized carbons (Fsp3) is 0.273. The number of carbonyl (C=O) groups is 2. The summed E-state index contributed by atoms with van der Waals surface area (Å²) in [5.41, 5.74) is 1.64. The van der Waals surface area contributed by atoms with Crippen LogP contribution < -0.4 is 5.32 Å². The van der Waals surface area contributed by atoms with Crippen LogP contribution in [-0.4, -0.2) is 39.2 Å². The van der Waals surface area contributed by atoms with Crippen LogP contribution >= 0.6 is 0 Å². The number of nitrogens with one attached hydrogen (secondary N) is 1. The molecule has 4 rings (SSSR count). The number of nitrogens with zero attached hydrogens (tertiary/aromatic N) is 2. The topological polar surface area (TPSA) is 105 Å². The van der Waals surface area contributed by atoms with Crippen molar-refractivity contribution in [3.05, 3.63) is 59.7 Å². The number of hydrogen-bond acceptors (Lipinski definition) is 6. The van der Waals surface area contributed by atoms with Gasteiger partial charge in [-0.3, -0.25) is 9.59 Å². The number of carbonyl (C=O) groups excluding carboxylic acids is 1. The van der Waals surface area contributed by atoms with Gasteiger partial charge in [0.15, 0.2) is 0 Å². The molecule has 0 spiro atoms. The summed E-state index contributed by atoms with van der Waals surface area (Å²) in [4.78, 5) is 26.4. The number of carboxylic acids is 1. The molecule has 0 bridgehead atoms. The Bertz CT molecular complexity index is 1120. The summed E-state index contributed by atoms with van der Waals surface area (Å²) in [7, 11) is 0. The lowest BCUT2D eigenvalue weighted by molar-refractivity contribution is -0.145. The summed E-state index contributed by atoms with van der Waals surface area (Å²) in [6.07, 6.45) is -3.67. The maximum atomic E-state index is 12.5. The summed E-state index contributed by atoms with van der Waals surface area (Å²) >= 11 is 0. The molecule has 32 heavy (non-hydrogen) atoms. The molecule has 1 aromatic heterocycles. The average molecular weight is 445 g/mol. The number of ketones is 1. The third-order valence-electron chi connectivity index (χ3n) is 5.37. The van der Waals surface area contributed by atoms with E-state index in [1.807, 2.05) is 24.3 Å². The summed E-state index contributed by atoms with van der Waals surface area (Å²) < 4.78 is 42.8. The molecule has 1 aliphatic carbocycles. The van der Waals surface area contributed by atoms with Gasteiger partial charge < -0.3 is 14.9 Å². The van der Waals surface area contributed by atoms with Crippen molar-refractivity contribution >= 4 is 11.8 Å². The Hall–Kier alpha value is -3.53. The van der Waals surface area contributed by atoms with E-state index in [1.54, 1.807) is 0 Å². The molecule has 1 saturated carbocycles. The Kier molecular flexibility index (Phi) is 5.79. The second-order valence-corrected chi connectivity index (χ2v) is 7.61. The Morgan fingerprint density at radius 3 is 2.25 bits per heavy atom. The fourth-order valence-corrected chi connectivity index (χ4v) is 3.41. The van der Waals surface area contributed by atoms with Crippen molar-refractivity contribution in [3.8, 4) is 22.8 Å². The number of halogens is 3. The van der Waals surface area contributed by atoms with Gasteiger partial charge in [-0.1, -0.05) is 41.6 Å². The number of benzene rings is 2. The molecule has 0 unspecified atom stereocenters. The minimum absolute atomic E-state index is 0.120. The van der Waals surface area contributed by atoms with E-state index in [0.717, 1.165) is 17.7 Å². The van der Waals surface area contributed by atoms with Crippen LogP contribution in [0.4, 0.5) is 13.2 Å². The zero-order chi connectivity index (χ0) is 22.9. The highest BCUT2D eigenvalue weighted by Gasteiger charge is 2.39. The smallest absolute Gasteiger partial charge is 0.454 e. The van der Waals surface area contributed by atoms with Gasteiger partial charge in [0.1, 0.15) is 0 Å². The molecule has 0 amide bonds. The molecule has 0 aliphatic heterocycles. The quantitative estimate of drug-likeness (QED) is 0.528. The van der Waals surface area contributed by atoms with E-state index in [9.17, 15) is 22.8 Å². The van der Waals surface area contributed by atoms with Crippen molar-refractivity contribution in [1.82, 2.24) is 15.5 Å². The first-order chi connectivity index (χ1) is 15.2. The van der Waals surface area contributed by atoms with Crippen LogP contribution in [0.15, 0.2) is 53.1 Å².